The van der Waals surface area contributed by atoms with Crippen molar-refractivity contribution < 1.29 is 5.11 Å². The predicted octanol–water partition coefficient (Wildman–Crippen LogP) is 4.16. The lowest BCUT2D eigenvalue weighted by molar-refractivity contribution is 0.483. The van der Waals surface area contributed by atoms with Crippen molar-refractivity contribution in [2.45, 2.75) is 6.92 Å². The van der Waals surface area contributed by atoms with Crippen LogP contribution in [0.25, 0.3) is 15.8 Å². The van der Waals surface area contributed by atoms with Crippen LogP contribution in [0.3, 0.4) is 0 Å². The van der Waals surface area contributed by atoms with Crippen LogP contribution in [0.2, 0.25) is 0 Å². The number of aromatic hydroxyl groups is 1. The molecule has 0 aliphatic carbocycles. The maximum atomic E-state index is 12.9. The van der Waals surface area contributed by atoms with Gasteiger partial charge in [-0.15, -0.1) is 11.3 Å². The zero-order valence-corrected chi connectivity index (χ0v) is 15.2. The fraction of sp³-hybridized carbons (Fsp3) is 0.100. The van der Waals surface area contributed by atoms with Crippen molar-refractivity contribution in [2.75, 3.05) is 0 Å². The number of hydrogen-bond acceptors (Lipinski definition) is 4. The lowest BCUT2D eigenvalue weighted by Crippen LogP contribution is -2.19. The molecule has 0 saturated carbocycles. The Hall–Kier alpha value is -3.12. The molecule has 2 heterocycles. The molecular weight excluding hydrogens is 346 g/mol. The number of para-hydroxylation sites is 1. The Bertz CT molecular complexity index is 1180. The van der Waals surface area contributed by atoms with E-state index in [-0.39, 0.29) is 11.3 Å². The van der Waals surface area contributed by atoms with Gasteiger partial charge in [-0.25, -0.2) is 9.67 Å². The average Bonchev–Trinajstić information content (AvgIpc) is 3.09. The number of thiophene rings is 1. The third kappa shape index (κ3) is 2.55. The first-order chi connectivity index (χ1) is 12.6. The number of benzene rings is 2. The summed E-state index contributed by atoms with van der Waals surface area (Å²) < 4.78 is 4.36. The maximum Gasteiger partial charge on any atom is 0.297 e. The number of hydrogen-bond donors (Lipinski definition) is 1. The highest BCUT2D eigenvalue weighted by Crippen LogP contribution is 2.35. The number of nitrogens with zero attached hydrogens (tertiary/aromatic N) is 3. The zero-order chi connectivity index (χ0) is 18.3. The molecule has 5 nitrogen and oxygen atoms in total. The first-order valence-corrected chi connectivity index (χ1v) is 8.98. The lowest BCUT2D eigenvalue weighted by Gasteiger charge is -2.07. The van der Waals surface area contributed by atoms with Gasteiger partial charge in [-0.05, 0) is 31.2 Å². The molecule has 0 radical (unpaired) electrons. The van der Waals surface area contributed by atoms with E-state index in [0.29, 0.717) is 10.6 Å². The molecule has 2 aromatic carbocycles. The minimum absolute atomic E-state index is 0.187. The lowest BCUT2D eigenvalue weighted by atomic mass is 10.2. The Morgan fingerprint density at radius 3 is 2.50 bits per heavy atom. The van der Waals surface area contributed by atoms with E-state index in [9.17, 15) is 9.90 Å². The average molecular weight is 363 g/mol. The third-order valence-corrected chi connectivity index (χ3v) is 5.52. The first-order valence-electron chi connectivity index (χ1n) is 8.16. The van der Waals surface area contributed by atoms with Gasteiger partial charge in [0, 0.05) is 23.3 Å². The van der Waals surface area contributed by atoms with Gasteiger partial charge < -0.3 is 5.11 Å². The molecule has 26 heavy (non-hydrogen) atoms. The normalized spacial score (nSPS) is 11.6. The fourth-order valence-corrected chi connectivity index (χ4v) is 3.93. The Morgan fingerprint density at radius 2 is 1.77 bits per heavy atom. The highest BCUT2D eigenvalue weighted by atomic mass is 32.1. The van der Waals surface area contributed by atoms with Crippen molar-refractivity contribution >= 4 is 33.3 Å². The van der Waals surface area contributed by atoms with Gasteiger partial charge >= 0.3 is 0 Å². The predicted molar refractivity (Wildman–Crippen MR) is 106 cm³/mol. The van der Waals surface area contributed by atoms with E-state index >= 15 is 0 Å². The van der Waals surface area contributed by atoms with E-state index in [1.165, 1.54) is 11.3 Å². The van der Waals surface area contributed by atoms with Crippen LogP contribution < -0.4 is 5.56 Å². The molecule has 0 amide bonds. The maximum absolute atomic E-state index is 12.9. The highest BCUT2D eigenvalue weighted by Gasteiger charge is 2.15. The van der Waals surface area contributed by atoms with Crippen molar-refractivity contribution in [3.63, 3.8) is 0 Å². The summed E-state index contributed by atoms with van der Waals surface area (Å²) >= 11 is 1.45. The van der Waals surface area contributed by atoms with Crippen molar-refractivity contribution in [1.82, 2.24) is 9.36 Å². The molecular formula is C20H17N3O2S. The van der Waals surface area contributed by atoms with Crippen LogP contribution in [0, 0.1) is 6.92 Å². The van der Waals surface area contributed by atoms with Crippen LogP contribution in [0.15, 0.2) is 64.4 Å². The minimum atomic E-state index is -0.187. The largest absolute Gasteiger partial charge is 0.506 e. The molecule has 0 saturated heterocycles. The number of aliphatic imine (C=N–C) groups is 1. The van der Waals surface area contributed by atoms with Crippen molar-refractivity contribution in [2.24, 2.45) is 12.0 Å². The number of fused-ring (bicyclic) bond motifs is 1. The monoisotopic (exact) mass is 363 g/mol. The van der Waals surface area contributed by atoms with Crippen molar-refractivity contribution in [3.8, 4) is 11.4 Å². The second-order valence-corrected chi connectivity index (χ2v) is 7.06. The molecule has 6 heteroatoms. The van der Waals surface area contributed by atoms with Crippen molar-refractivity contribution in [1.29, 1.82) is 0 Å². The van der Waals surface area contributed by atoms with Gasteiger partial charge in [-0.3, -0.25) is 9.48 Å². The molecule has 2 aromatic heterocycles. The summed E-state index contributed by atoms with van der Waals surface area (Å²) in [4.78, 5) is 17.9. The molecule has 0 aliphatic heterocycles. The summed E-state index contributed by atoms with van der Waals surface area (Å²) in [5.41, 5.74) is 1.73. The molecule has 0 atom stereocenters. The molecule has 130 valence electrons. The third-order valence-electron chi connectivity index (χ3n) is 4.43. The smallest absolute Gasteiger partial charge is 0.297 e. The van der Waals surface area contributed by atoms with Crippen LogP contribution in [0.4, 0.5) is 5.69 Å². The second kappa shape index (κ2) is 6.31. The van der Waals surface area contributed by atoms with Gasteiger partial charge in [-0.1, -0.05) is 30.3 Å². The summed E-state index contributed by atoms with van der Waals surface area (Å²) in [7, 11) is 1.83. The topological polar surface area (TPSA) is 59.5 Å². The molecule has 0 aliphatic rings. The summed E-state index contributed by atoms with van der Waals surface area (Å²) in [6, 6.07) is 17.1. The Kier molecular flexibility index (Phi) is 3.97. The van der Waals surface area contributed by atoms with E-state index in [2.05, 4.69) is 4.99 Å². The van der Waals surface area contributed by atoms with Gasteiger partial charge in [0.25, 0.3) is 5.56 Å². The number of rotatable bonds is 3. The Morgan fingerprint density at radius 1 is 1.08 bits per heavy atom. The molecule has 0 unspecified atom stereocenters. The van der Waals surface area contributed by atoms with Crippen LogP contribution >= 0.6 is 11.3 Å². The van der Waals surface area contributed by atoms with E-state index in [4.69, 9.17) is 0 Å². The quantitative estimate of drug-likeness (QED) is 0.556. The van der Waals surface area contributed by atoms with E-state index in [1.807, 2.05) is 68.6 Å². The van der Waals surface area contributed by atoms with E-state index < -0.39 is 0 Å². The van der Waals surface area contributed by atoms with Gasteiger partial charge in [0.1, 0.15) is 5.75 Å². The fourth-order valence-electron chi connectivity index (χ4n) is 2.96. The summed E-state index contributed by atoms with van der Waals surface area (Å²) in [6.07, 6.45) is 1.57. The van der Waals surface area contributed by atoms with Crippen molar-refractivity contribution in [3.05, 3.63) is 75.5 Å². The molecule has 4 rings (SSSR count). The molecule has 0 bridgehead atoms. The molecule has 1 N–H and O–H groups in total. The molecule has 0 fully saturated rings. The van der Waals surface area contributed by atoms with Crippen LogP contribution in [0.1, 0.15) is 10.6 Å². The standard InChI is InChI=1S/C20H17N3O2S/c1-13-18(20(25)23(22(13)2)14-8-4-3-5-9-14)21-12-17-19(24)15-10-6-7-11-16(15)26-17/h3-12,24H,1-2H3. The summed E-state index contributed by atoms with van der Waals surface area (Å²) in [6.45, 7) is 1.86. The summed E-state index contributed by atoms with van der Waals surface area (Å²) in [5.74, 6) is 0.200. The Balaban J connectivity index is 1.80. The second-order valence-electron chi connectivity index (χ2n) is 5.98. The SMILES string of the molecule is Cc1c(N=Cc2sc3ccccc3c2O)c(=O)n(-c2ccccc2)n1C. The highest BCUT2D eigenvalue weighted by molar-refractivity contribution is 7.21. The molecule has 0 spiro atoms. The van der Waals surface area contributed by atoms with Gasteiger partial charge in [0.15, 0.2) is 5.69 Å². The van der Waals surface area contributed by atoms with Crippen LogP contribution in [-0.2, 0) is 7.05 Å². The van der Waals surface area contributed by atoms with E-state index in [1.54, 1.807) is 15.6 Å². The first kappa shape index (κ1) is 16.4. The minimum Gasteiger partial charge on any atom is -0.506 e. The van der Waals surface area contributed by atoms with Crippen LogP contribution in [-0.4, -0.2) is 20.7 Å². The zero-order valence-electron chi connectivity index (χ0n) is 14.4. The summed E-state index contributed by atoms with van der Waals surface area (Å²) in [5, 5.41) is 11.2. The van der Waals surface area contributed by atoms with Gasteiger partial charge in [0.2, 0.25) is 0 Å². The Labute approximate surface area is 154 Å². The van der Waals surface area contributed by atoms with E-state index in [0.717, 1.165) is 21.5 Å². The van der Waals surface area contributed by atoms with Gasteiger partial charge in [0.05, 0.1) is 16.3 Å². The van der Waals surface area contributed by atoms with Crippen LogP contribution in [0.5, 0.6) is 5.75 Å². The van der Waals surface area contributed by atoms with Gasteiger partial charge in [-0.2, -0.15) is 0 Å². The molecule has 4 aromatic rings. The number of aromatic nitrogens is 2.